The zero-order valence-electron chi connectivity index (χ0n) is 13.4. The van der Waals surface area contributed by atoms with Crippen molar-refractivity contribution in [3.63, 3.8) is 0 Å². The third-order valence-corrected chi connectivity index (χ3v) is 5.57. The van der Waals surface area contributed by atoms with E-state index in [2.05, 4.69) is 22.2 Å². The van der Waals surface area contributed by atoms with Gasteiger partial charge >= 0.3 is 0 Å². The molecule has 2 aliphatic heterocycles. The summed E-state index contributed by atoms with van der Waals surface area (Å²) in [5, 5.41) is 3.45. The number of halogens is 2. The second-order valence-electron chi connectivity index (χ2n) is 6.69. The Kier molecular flexibility index (Phi) is 4.90. The van der Waals surface area contributed by atoms with Crippen LogP contribution in [0.3, 0.4) is 0 Å². The second kappa shape index (κ2) is 6.75. The van der Waals surface area contributed by atoms with Crippen LogP contribution in [-0.2, 0) is 11.3 Å². The van der Waals surface area contributed by atoms with Crippen LogP contribution in [0.25, 0.3) is 0 Å². The van der Waals surface area contributed by atoms with Gasteiger partial charge in [0.05, 0.1) is 0 Å². The molecule has 3 rings (SSSR count). The topological polar surface area (TPSA) is 35.6 Å². The average Bonchev–Trinajstić information content (AvgIpc) is 2.69. The summed E-state index contributed by atoms with van der Waals surface area (Å²) in [6, 6.07) is 4.60. The van der Waals surface area contributed by atoms with Crippen LogP contribution in [0.4, 0.5) is 4.39 Å². The Labute approximate surface area is 141 Å². The summed E-state index contributed by atoms with van der Waals surface area (Å²) in [4.78, 5) is 16.4. The monoisotopic (exact) mass is 339 g/mol. The van der Waals surface area contributed by atoms with E-state index in [4.69, 9.17) is 11.6 Å². The van der Waals surface area contributed by atoms with E-state index in [1.165, 1.54) is 12.1 Å². The van der Waals surface area contributed by atoms with Gasteiger partial charge in [-0.1, -0.05) is 17.7 Å². The number of carbonyl (C=O) groups excluding carboxylic acids is 1. The van der Waals surface area contributed by atoms with Gasteiger partial charge in [0.15, 0.2) is 0 Å². The van der Waals surface area contributed by atoms with Crippen LogP contribution in [0.15, 0.2) is 18.2 Å². The van der Waals surface area contributed by atoms with Gasteiger partial charge in [-0.05, 0) is 37.6 Å². The first-order valence-electron chi connectivity index (χ1n) is 8.13. The lowest BCUT2D eigenvalue weighted by Crippen LogP contribution is -2.60. The molecule has 0 aliphatic carbocycles. The maximum atomic E-state index is 13.2. The van der Waals surface area contributed by atoms with Crippen molar-refractivity contribution < 1.29 is 9.18 Å². The molecule has 1 unspecified atom stereocenters. The molecule has 1 aromatic rings. The van der Waals surface area contributed by atoms with Crippen LogP contribution in [0.1, 0.15) is 24.8 Å². The normalized spacial score (nSPS) is 27.0. The molecule has 1 N–H and O–H groups in total. The highest BCUT2D eigenvalue weighted by Gasteiger charge is 2.40. The Morgan fingerprint density at radius 2 is 2.17 bits per heavy atom. The standard InChI is InChI=1S/C17H23ClFN3O/c1-21-8-9-22(11-13-2-3-14(19)10-15(13)18)12-17(21)5-4-16(23)20-7-6-17/h2-3,10H,4-9,11-12H2,1H3,(H,20,23). The zero-order valence-corrected chi connectivity index (χ0v) is 14.2. The number of piperazine rings is 1. The molecule has 2 aliphatic rings. The predicted octanol–water partition coefficient (Wildman–Crippen LogP) is 2.27. The van der Waals surface area contributed by atoms with E-state index in [0.717, 1.165) is 51.1 Å². The van der Waals surface area contributed by atoms with Gasteiger partial charge in [-0.2, -0.15) is 0 Å². The second-order valence-corrected chi connectivity index (χ2v) is 7.10. The van der Waals surface area contributed by atoms with Crippen LogP contribution in [-0.4, -0.2) is 54.5 Å². The lowest BCUT2D eigenvalue weighted by atomic mass is 9.86. The van der Waals surface area contributed by atoms with Crippen LogP contribution in [0, 0.1) is 5.82 Å². The molecule has 0 saturated carbocycles. The molecule has 1 amide bonds. The maximum Gasteiger partial charge on any atom is 0.220 e. The van der Waals surface area contributed by atoms with E-state index >= 15 is 0 Å². The Morgan fingerprint density at radius 1 is 1.35 bits per heavy atom. The van der Waals surface area contributed by atoms with E-state index in [9.17, 15) is 9.18 Å². The van der Waals surface area contributed by atoms with Crippen molar-refractivity contribution in [1.82, 2.24) is 15.1 Å². The summed E-state index contributed by atoms with van der Waals surface area (Å²) >= 11 is 6.17. The first-order chi connectivity index (χ1) is 11.0. The maximum absolute atomic E-state index is 13.2. The molecule has 0 aromatic heterocycles. The van der Waals surface area contributed by atoms with Crippen LogP contribution < -0.4 is 5.32 Å². The van der Waals surface area contributed by atoms with Gasteiger partial charge in [-0.25, -0.2) is 4.39 Å². The number of likely N-dealkylation sites (N-methyl/N-ethyl adjacent to an activating group) is 1. The molecule has 1 aromatic carbocycles. The smallest absolute Gasteiger partial charge is 0.220 e. The Hall–Kier alpha value is -1.17. The van der Waals surface area contributed by atoms with Crippen molar-refractivity contribution in [1.29, 1.82) is 0 Å². The van der Waals surface area contributed by atoms with Gasteiger partial charge in [-0.3, -0.25) is 14.6 Å². The summed E-state index contributed by atoms with van der Waals surface area (Å²) in [5.74, 6) is -0.157. The molecule has 0 bridgehead atoms. The molecule has 2 saturated heterocycles. The number of hydrogen-bond acceptors (Lipinski definition) is 3. The highest BCUT2D eigenvalue weighted by molar-refractivity contribution is 6.31. The van der Waals surface area contributed by atoms with E-state index < -0.39 is 0 Å². The van der Waals surface area contributed by atoms with E-state index in [1.54, 1.807) is 6.07 Å². The molecule has 6 heteroatoms. The zero-order chi connectivity index (χ0) is 16.4. The number of hydrogen-bond donors (Lipinski definition) is 1. The molecule has 4 nitrogen and oxygen atoms in total. The van der Waals surface area contributed by atoms with Crippen molar-refractivity contribution in [2.75, 3.05) is 33.2 Å². The van der Waals surface area contributed by atoms with E-state index in [0.29, 0.717) is 11.4 Å². The van der Waals surface area contributed by atoms with Crippen molar-refractivity contribution >= 4 is 17.5 Å². The highest BCUT2D eigenvalue weighted by atomic mass is 35.5. The number of nitrogens with zero attached hydrogens (tertiary/aromatic N) is 2. The highest BCUT2D eigenvalue weighted by Crippen LogP contribution is 2.31. The van der Waals surface area contributed by atoms with Crippen LogP contribution >= 0.6 is 11.6 Å². The fourth-order valence-corrected chi connectivity index (χ4v) is 3.93. The van der Waals surface area contributed by atoms with Gasteiger partial charge in [0.25, 0.3) is 0 Å². The van der Waals surface area contributed by atoms with Gasteiger partial charge in [0.1, 0.15) is 5.82 Å². The quantitative estimate of drug-likeness (QED) is 0.897. The molecule has 126 valence electrons. The summed E-state index contributed by atoms with van der Waals surface area (Å²) < 4.78 is 13.2. The molecule has 0 radical (unpaired) electrons. The first kappa shape index (κ1) is 16.7. The fourth-order valence-electron chi connectivity index (χ4n) is 3.70. The Morgan fingerprint density at radius 3 is 2.96 bits per heavy atom. The third kappa shape index (κ3) is 3.67. The van der Waals surface area contributed by atoms with Crippen molar-refractivity contribution in [2.24, 2.45) is 0 Å². The largest absolute Gasteiger partial charge is 0.356 e. The minimum atomic E-state index is -0.304. The fraction of sp³-hybridized carbons (Fsp3) is 0.588. The lowest BCUT2D eigenvalue weighted by molar-refractivity contribution is -0.121. The molecular weight excluding hydrogens is 317 g/mol. The lowest BCUT2D eigenvalue weighted by Gasteiger charge is -2.49. The van der Waals surface area contributed by atoms with Crippen LogP contribution in [0.5, 0.6) is 0 Å². The molecular formula is C17H23ClFN3O. The van der Waals surface area contributed by atoms with E-state index in [1.807, 2.05) is 0 Å². The summed E-state index contributed by atoms with van der Waals surface area (Å²) in [5.41, 5.74) is 0.986. The minimum Gasteiger partial charge on any atom is -0.356 e. The first-order valence-corrected chi connectivity index (χ1v) is 8.51. The Balaban J connectivity index is 1.73. The number of benzene rings is 1. The van der Waals surface area contributed by atoms with Gasteiger partial charge in [0, 0.05) is 49.7 Å². The van der Waals surface area contributed by atoms with E-state index in [-0.39, 0.29) is 17.3 Å². The van der Waals surface area contributed by atoms with Crippen LogP contribution in [0.2, 0.25) is 5.02 Å². The van der Waals surface area contributed by atoms with Crippen molar-refractivity contribution in [2.45, 2.75) is 31.3 Å². The molecule has 2 fully saturated rings. The summed E-state index contributed by atoms with van der Waals surface area (Å²) in [6.07, 6.45) is 2.42. The van der Waals surface area contributed by atoms with Gasteiger partial charge in [0.2, 0.25) is 5.91 Å². The summed E-state index contributed by atoms with van der Waals surface area (Å²) in [6.45, 7) is 4.27. The number of nitrogens with one attached hydrogen (secondary N) is 1. The molecule has 2 heterocycles. The van der Waals surface area contributed by atoms with Gasteiger partial charge < -0.3 is 5.32 Å². The van der Waals surface area contributed by atoms with Gasteiger partial charge in [-0.15, -0.1) is 0 Å². The minimum absolute atomic E-state index is 0.0317. The summed E-state index contributed by atoms with van der Waals surface area (Å²) in [7, 11) is 2.15. The SMILES string of the molecule is CN1CCN(Cc2ccc(F)cc2Cl)CC12CCNC(=O)CC2. The number of carbonyl (C=O) groups is 1. The predicted molar refractivity (Wildman–Crippen MR) is 88.9 cm³/mol. The van der Waals surface area contributed by atoms with Crippen molar-refractivity contribution in [3.8, 4) is 0 Å². The Bertz CT molecular complexity index is 597. The molecule has 1 atom stereocenters. The third-order valence-electron chi connectivity index (χ3n) is 5.22. The van der Waals surface area contributed by atoms with Crippen molar-refractivity contribution in [3.05, 3.63) is 34.6 Å². The number of rotatable bonds is 2. The molecule has 1 spiro atoms. The molecule has 23 heavy (non-hydrogen) atoms. The average molecular weight is 340 g/mol. The number of amides is 1.